The van der Waals surface area contributed by atoms with Crippen molar-refractivity contribution in [2.75, 3.05) is 13.1 Å². The normalized spacial score (nSPS) is 19.0. The number of amides is 1. The first-order chi connectivity index (χ1) is 21.2. The van der Waals surface area contributed by atoms with Gasteiger partial charge in [-0.3, -0.25) is 9.78 Å². The molecule has 1 atom stereocenters. The summed E-state index contributed by atoms with van der Waals surface area (Å²) in [6.45, 7) is 12.4. The fourth-order valence-electron chi connectivity index (χ4n) is 7.69. The maximum atomic E-state index is 14.0. The molecule has 2 saturated heterocycles. The van der Waals surface area contributed by atoms with E-state index in [-0.39, 0.29) is 11.8 Å². The maximum absolute atomic E-state index is 14.0. The van der Waals surface area contributed by atoms with E-state index in [4.69, 9.17) is 4.98 Å². The van der Waals surface area contributed by atoms with Crippen LogP contribution in [0.5, 0.6) is 0 Å². The van der Waals surface area contributed by atoms with E-state index in [1.807, 2.05) is 12.3 Å². The van der Waals surface area contributed by atoms with Crippen molar-refractivity contribution in [1.29, 1.82) is 0 Å². The second-order valence-corrected chi connectivity index (χ2v) is 13.7. The first-order valence-corrected chi connectivity index (χ1v) is 16.1. The average molecular weight is 590 g/mol. The topological polar surface area (TPSA) is 103 Å². The molecule has 3 aromatic heterocycles. The van der Waals surface area contributed by atoms with Crippen molar-refractivity contribution >= 4 is 27.8 Å². The van der Waals surface area contributed by atoms with Crippen LogP contribution in [-0.2, 0) is 16.6 Å². The molecule has 0 unspecified atom stereocenters. The Morgan fingerprint density at radius 2 is 1.70 bits per heavy atom. The lowest BCUT2D eigenvalue weighted by Crippen LogP contribution is -2.46. The van der Waals surface area contributed by atoms with Crippen molar-refractivity contribution in [2.24, 2.45) is 0 Å². The van der Waals surface area contributed by atoms with E-state index >= 15 is 0 Å². The zero-order valence-corrected chi connectivity index (χ0v) is 26.5. The lowest BCUT2D eigenvalue weighted by Gasteiger charge is -2.32. The molecule has 2 aromatic carbocycles. The molecular weight excluding hydrogens is 546 g/mol. The predicted octanol–water partition coefficient (Wildman–Crippen LogP) is 6.48. The van der Waals surface area contributed by atoms with Crippen molar-refractivity contribution in [3.05, 3.63) is 76.6 Å². The standard InChI is InChI=1S/C36H43N7O/c1-21-14-22(2)16-25(15-21)34-33(23(3)19-37-13-12-24-6-11-29-30(17-24)41-42-40-29)28-18-32(38-20-31(28)39-34)36(4,5)35(44)43-26-7-8-27(43)10-9-26/h6,11,14-18,20,23,26-27,37,39H,7-10,12-13,19H2,1-5H3,(H,40,41,42)/t23-,26?,27?/m1/s1. The van der Waals surface area contributed by atoms with Crippen LogP contribution in [-0.4, -0.2) is 61.4 Å². The summed E-state index contributed by atoms with van der Waals surface area (Å²) in [4.78, 5) is 24.8. The third-order valence-corrected chi connectivity index (χ3v) is 10.0. The Hall–Kier alpha value is -4.04. The molecule has 44 heavy (non-hydrogen) atoms. The summed E-state index contributed by atoms with van der Waals surface area (Å²) in [7, 11) is 0. The second kappa shape index (κ2) is 11.1. The second-order valence-electron chi connectivity index (χ2n) is 13.7. The van der Waals surface area contributed by atoms with Crippen LogP contribution < -0.4 is 5.32 Å². The molecular formula is C36H43N7O. The van der Waals surface area contributed by atoms with Crippen LogP contribution in [0.1, 0.15) is 80.3 Å². The van der Waals surface area contributed by atoms with Crippen molar-refractivity contribution in [3.8, 4) is 11.3 Å². The van der Waals surface area contributed by atoms with Crippen LogP contribution in [0.25, 0.3) is 33.2 Å². The summed E-state index contributed by atoms with van der Waals surface area (Å²) < 4.78 is 0. The Morgan fingerprint density at radius 1 is 1.00 bits per heavy atom. The Bertz CT molecular complexity index is 1810. The number of nitrogens with one attached hydrogen (secondary N) is 3. The minimum atomic E-state index is -0.694. The Labute approximate surface area is 259 Å². The van der Waals surface area contributed by atoms with Crippen molar-refractivity contribution in [2.45, 2.75) is 90.1 Å². The number of fused-ring (bicyclic) bond motifs is 4. The van der Waals surface area contributed by atoms with Crippen LogP contribution >= 0.6 is 0 Å². The molecule has 228 valence electrons. The van der Waals surface area contributed by atoms with Gasteiger partial charge in [0.2, 0.25) is 5.91 Å². The number of aryl methyl sites for hydroxylation is 2. The molecule has 0 aliphatic carbocycles. The van der Waals surface area contributed by atoms with Gasteiger partial charge in [-0.15, -0.1) is 0 Å². The van der Waals surface area contributed by atoms with E-state index in [0.717, 1.165) is 78.5 Å². The van der Waals surface area contributed by atoms with Gasteiger partial charge in [0.25, 0.3) is 0 Å². The van der Waals surface area contributed by atoms with Gasteiger partial charge in [-0.1, -0.05) is 30.2 Å². The van der Waals surface area contributed by atoms with Crippen LogP contribution in [0.3, 0.4) is 0 Å². The number of aromatic amines is 2. The molecule has 0 saturated carbocycles. The molecule has 2 bridgehead atoms. The van der Waals surface area contributed by atoms with Crippen LogP contribution in [0.4, 0.5) is 0 Å². The molecule has 0 spiro atoms. The van der Waals surface area contributed by atoms with Gasteiger partial charge >= 0.3 is 0 Å². The fourth-order valence-corrected chi connectivity index (χ4v) is 7.69. The van der Waals surface area contributed by atoms with E-state index in [1.165, 1.54) is 27.8 Å². The minimum absolute atomic E-state index is 0.222. The molecule has 0 radical (unpaired) electrons. The van der Waals surface area contributed by atoms with Gasteiger partial charge in [0.15, 0.2) is 0 Å². The highest BCUT2D eigenvalue weighted by molar-refractivity contribution is 5.94. The van der Waals surface area contributed by atoms with E-state index in [9.17, 15) is 4.79 Å². The molecule has 2 aliphatic rings. The maximum Gasteiger partial charge on any atom is 0.234 e. The summed E-state index contributed by atoms with van der Waals surface area (Å²) in [5.41, 5.74) is 10.3. The fraction of sp³-hybridized carbons (Fsp3) is 0.444. The molecule has 2 fully saturated rings. The zero-order valence-electron chi connectivity index (χ0n) is 26.5. The van der Waals surface area contributed by atoms with E-state index in [1.54, 1.807) is 0 Å². The molecule has 8 nitrogen and oxygen atoms in total. The number of hydrogen-bond acceptors (Lipinski definition) is 5. The smallest absolute Gasteiger partial charge is 0.234 e. The number of benzene rings is 2. The van der Waals surface area contributed by atoms with Gasteiger partial charge in [0.1, 0.15) is 11.0 Å². The third kappa shape index (κ3) is 5.09. The number of carbonyl (C=O) groups is 1. The summed E-state index contributed by atoms with van der Waals surface area (Å²) in [6.07, 6.45) is 7.41. The molecule has 5 heterocycles. The van der Waals surface area contributed by atoms with Crippen LogP contribution in [0, 0.1) is 13.8 Å². The highest BCUT2D eigenvalue weighted by atomic mass is 16.2. The van der Waals surface area contributed by atoms with E-state index < -0.39 is 5.41 Å². The van der Waals surface area contributed by atoms with Gasteiger partial charge in [-0.2, -0.15) is 15.4 Å². The number of rotatable bonds is 9. The number of hydrogen-bond donors (Lipinski definition) is 3. The quantitative estimate of drug-likeness (QED) is 0.171. The number of pyridine rings is 1. The van der Waals surface area contributed by atoms with Gasteiger partial charge in [0.05, 0.1) is 28.5 Å². The highest BCUT2D eigenvalue weighted by Gasteiger charge is 2.47. The Kier molecular flexibility index (Phi) is 7.28. The number of nitrogens with zero attached hydrogens (tertiary/aromatic N) is 4. The first kappa shape index (κ1) is 28.7. The molecule has 2 aliphatic heterocycles. The van der Waals surface area contributed by atoms with Crippen molar-refractivity contribution in [1.82, 2.24) is 35.6 Å². The van der Waals surface area contributed by atoms with E-state index in [0.29, 0.717) is 12.1 Å². The van der Waals surface area contributed by atoms with Gasteiger partial charge in [0, 0.05) is 24.0 Å². The summed E-state index contributed by atoms with van der Waals surface area (Å²) in [5, 5.41) is 15.9. The molecule has 5 aromatic rings. The van der Waals surface area contributed by atoms with Gasteiger partial charge < -0.3 is 15.2 Å². The Morgan fingerprint density at radius 3 is 2.43 bits per heavy atom. The van der Waals surface area contributed by atoms with Crippen LogP contribution in [0.2, 0.25) is 0 Å². The predicted molar refractivity (Wildman–Crippen MR) is 176 cm³/mol. The van der Waals surface area contributed by atoms with E-state index in [2.05, 4.69) is 102 Å². The van der Waals surface area contributed by atoms with Gasteiger partial charge in [-0.05, 0) is 119 Å². The van der Waals surface area contributed by atoms with Crippen molar-refractivity contribution in [3.63, 3.8) is 0 Å². The SMILES string of the molecule is Cc1cc(C)cc(-c2[nH]c3cnc(C(C)(C)C(=O)N4C5CCC4CC5)cc3c2[C@H](C)CNCCc2ccc3n[nH]nc3c2)c1. The number of carbonyl (C=O) groups excluding carboxylic acids is 1. The summed E-state index contributed by atoms with van der Waals surface area (Å²) in [6, 6.07) is 16.0. The highest BCUT2D eigenvalue weighted by Crippen LogP contribution is 2.42. The largest absolute Gasteiger partial charge is 0.353 e. The van der Waals surface area contributed by atoms with Crippen LogP contribution in [0.15, 0.2) is 48.7 Å². The lowest BCUT2D eigenvalue weighted by atomic mass is 9.85. The summed E-state index contributed by atoms with van der Waals surface area (Å²) >= 11 is 0. The average Bonchev–Trinajstić information content (AvgIpc) is 3.80. The first-order valence-electron chi connectivity index (χ1n) is 16.1. The molecule has 8 heteroatoms. The number of H-pyrrole nitrogens is 2. The Balaban J connectivity index is 1.19. The summed E-state index contributed by atoms with van der Waals surface area (Å²) in [5.74, 6) is 0.445. The molecule has 1 amide bonds. The zero-order chi connectivity index (χ0) is 30.6. The van der Waals surface area contributed by atoms with Crippen molar-refractivity contribution < 1.29 is 4.79 Å². The monoisotopic (exact) mass is 589 g/mol. The molecule has 7 rings (SSSR count). The number of aromatic nitrogens is 5. The van der Waals surface area contributed by atoms with Gasteiger partial charge in [-0.25, -0.2) is 0 Å². The lowest BCUT2D eigenvalue weighted by molar-refractivity contribution is -0.137. The minimum Gasteiger partial charge on any atom is -0.353 e. The molecule has 3 N–H and O–H groups in total. The third-order valence-electron chi connectivity index (χ3n) is 10.0.